The number of hydrogen-bond acceptors (Lipinski definition) is 3. The van der Waals surface area contributed by atoms with E-state index in [2.05, 4.69) is 10.1 Å². The molecule has 3 nitrogen and oxygen atoms in total. The van der Waals surface area contributed by atoms with Gasteiger partial charge in [0.05, 0.1) is 11.9 Å². The summed E-state index contributed by atoms with van der Waals surface area (Å²) in [5.41, 5.74) is 0.772. The molecular weight excluding hydrogens is 188 g/mol. The van der Waals surface area contributed by atoms with Crippen LogP contribution in [0.15, 0.2) is 59.9 Å². The third-order valence-electron chi connectivity index (χ3n) is 1.77. The molecule has 1 aromatic carbocycles. The Morgan fingerprint density at radius 1 is 1.00 bits per heavy atom. The van der Waals surface area contributed by atoms with Crippen LogP contribution in [0, 0.1) is 0 Å². The third-order valence-corrected chi connectivity index (χ3v) is 1.77. The van der Waals surface area contributed by atoms with E-state index in [1.807, 2.05) is 48.5 Å². The maximum atomic E-state index is 5.14. The summed E-state index contributed by atoms with van der Waals surface area (Å²) in [7, 11) is 0. The monoisotopic (exact) mass is 198 g/mol. The molecule has 0 aliphatic carbocycles. The minimum atomic E-state index is 0.713. The normalized spacial score (nSPS) is 10.4. The van der Waals surface area contributed by atoms with Crippen LogP contribution < -0.4 is 4.84 Å². The Morgan fingerprint density at radius 2 is 1.80 bits per heavy atom. The minimum Gasteiger partial charge on any atom is -0.357 e. The lowest BCUT2D eigenvalue weighted by molar-refractivity contribution is 0.344. The van der Waals surface area contributed by atoms with Crippen molar-refractivity contribution in [3.63, 3.8) is 0 Å². The van der Waals surface area contributed by atoms with Crippen LogP contribution in [0.2, 0.25) is 0 Å². The molecule has 0 unspecified atom stereocenters. The predicted molar refractivity (Wildman–Crippen MR) is 58.9 cm³/mol. The smallest absolute Gasteiger partial charge is 0.157 e. The fourth-order valence-corrected chi connectivity index (χ4v) is 1.07. The van der Waals surface area contributed by atoms with Crippen LogP contribution >= 0.6 is 0 Å². The molecule has 2 rings (SSSR count). The minimum absolute atomic E-state index is 0.713. The van der Waals surface area contributed by atoms with Gasteiger partial charge in [-0.25, -0.2) is 0 Å². The summed E-state index contributed by atoms with van der Waals surface area (Å²) in [6.45, 7) is 0. The lowest BCUT2D eigenvalue weighted by Gasteiger charge is -1.95. The van der Waals surface area contributed by atoms with Gasteiger partial charge in [0, 0.05) is 6.20 Å². The average Bonchev–Trinajstić information content (AvgIpc) is 2.32. The van der Waals surface area contributed by atoms with Gasteiger partial charge in [0.15, 0.2) is 5.75 Å². The standard InChI is InChI=1S/C12H10N2O/c1-2-7-12(8-3-1)15-14-10-11-6-4-5-9-13-11/h1-10H/b14-10+. The van der Waals surface area contributed by atoms with Crippen molar-refractivity contribution in [2.24, 2.45) is 5.16 Å². The highest BCUT2D eigenvalue weighted by Gasteiger charge is 1.88. The van der Waals surface area contributed by atoms with Crippen LogP contribution in [0.1, 0.15) is 5.69 Å². The Hall–Kier alpha value is -2.16. The molecule has 0 atom stereocenters. The molecule has 0 fully saturated rings. The van der Waals surface area contributed by atoms with Crippen LogP contribution in [0.25, 0.3) is 0 Å². The molecule has 0 aliphatic rings. The Morgan fingerprint density at radius 3 is 2.53 bits per heavy atom. The summed E-state index contributed by atoms with van der Waals surface area (Å²) in [5, 5.41) is 3.82. The van der Waals surface area contributed by atoms with Gasteiger partial charge < -0.3 is 4.84 Å². The van der Waals surface area contributed by atoms with Crippen molar-refractivity contribution in [2.45, 2.75) is 0 Å². The van der Waals surface area contributed by atoms with Crippen molar-refractivity contribution in [2.75, 3.05) is 0 Å². The molecule has 0 saturated carbocycles. The third kappa shape index (κ3) is 2.91. The maximum absolute atomic E-state index is 5.14. The van der Waals surface area contributed by atoms with Gasteiger partial charge in [-0.3, -0.25) is 4.98 Å². The first kappa shape index (κ1) is 9.40. The zero-order chi connectivity index (χ0) is 10.3. The molecule has 15 heavy (non-hydrogen) atoms. The molecule has 74 valence electrons. The van der Waals surface area contributed by atoms with E-state index >= 15 is 0 Å². The maximum Gasteiger partial charge on any atom is 0.157 e. The van der Waals surface area contributed by atoms with Crippen LogP contribution in [0.4, 0.5) is 0 Å². The number of aromatic nitrogens is 1. The van der Waals surface area contributed by atoms with Gasteiger partial charge in [0.25, 0.3) is 0 Å². The predicted octanol–water partition coefficient (Wildman–Crippen LogP) is 2.49. The van der Waals surface area contributed by atoms with E-state index < -0.39 is 0 Å². The molecule has 3 heteroatoms. The lowest BCUT2D eigenvalue weighted by Crippen LogP contribution is -1.88. The Bertz CT molecular complexity index is 426. The fraction of sp³-hybridized carbons (Fsp3) is 0. The number of oxime groups is 1. The van der Waals surface area contributed by atoms with Crippen molar-refractivity contribution in [1.82, 2.24) is 4.98 Å². The molecule has 1 heterocycles. The van der Waals surface area contributed by atoms with Gasteiger partial charge >= 0.3 is 0 Å². The van der Waals surface area contributed by atoms with Crippen LogP contribution in [-0.2, 0) is 0 Å². The number of hydrogen-bond donors (Lipinski definition) is 0. The van der Waals surface area contributed by atoms with Crippen molar-refractivity contribution in [1.29, 1.82) is 0 Å². The summed E-state index contributed by atoms with van der Waals surface area (Å²) in [5.74, 6) is 0.713. The topological polar surface area (TPSA) is 34.5 Å². The van der Waals surface area contributed by atoms with Crippen LogP contribution in [-0.4, -0.2) is 11.2 Å². The molecule has 0 spiro atoms. The molecule has 0 N–H and O–H groups in total. The Balaban J connectivity index is 1.97. The van der Waals surface area contributed by atoms with Gasteiger partial charge in [-0.05, 0) is 24.3 Å². The first-order valence-corrected chi connectivity index (χ1v) is 4.61. The van der Waals surface area contributed by atoms with E-state index in [1.165, 1.54) is 0 Å². The van der Waals surface area contributed by atoms with E-state index in [1.54, 1.807) is 12.4 Å². The SMILES string of the molecule is C(=N\Oc1ccccc1)/c1ccccn1. The van der Waals surface area contributed by atoms with Gasteiger partial charge in [0.1, 0.15) is 0 Å². The van der Waals surface area contributed by atoms with Gasteiger partial charge in [0.2, 0.25) is 0 Å². The highest BCUT2D eigenvalue weighted by molar-refractivity contribution is 5.76. The second-order valence-corrected chi connectivity index (χ2v) is 2.89. The summed E-state index contributed by atoms with van der Waals surface area (Å²) < 4.78 is 0. The number of rotatable bonds is 3. The highest BCUT2D eigenvalue weighted by Crippen LogP contribution is 2.07. The number of para-hydroxylation sites is 1. The highest BCUT2D eigenvalue weighted by atomic mass is 16.6. The second-order valence-electron chi connectivity index (χ2n) is 2.89. The van der Waals surface area contributed by atoms with Crippen molar-refractivity contribution >= 4 is 6.21 Å². The van der Waals surface area contributed by atoms with Crippen LogP contribution in [0.5, 0.6) is 5.75 Å². The summed E-state index contributed by atoms with van der Waals surface area (Å²) in [4.78, 5) is 9.22. The van der Waals surface area contributed by atoms with E-state index in [4.69, 9.17) is 4.84 Å². The molecule has 0 amide bonds. The number of nitrogens with zero attached hydrogens (tertiary/aromatic N) is 2. The van der Waals surface area contributed by atoms with Crippen molar-refractivity contribution in [3.8, 4) is 5.75 Å². The van der Waals surface area contributed by atoms with Crippen molar-refractivity contribution in [3.05, 3.63) is 60.4 Å². The first-order valence-electron chi connectivity index (χ1n) is 4.61. The molecule has 0 saturated heterocycles. The number of benzene rings is 1. The van der Waals surface area contributed by atoms with E-state index in [0.717, 1.165) is 5.69 Å². The first-order chi connectivity index (χ1) is 7.45. The van der Waals surface area contributed by atoms with E-state index in [9.17, 15) is 0 Å². The van der Waals surface area contributed by atoms with Gasteiger partial charge in [-0.2, -0.15) is 0 Å². The summed E-state index contributed by atoms with van der Waals surface area (Å²) in [6.07, 6.45) is 3.29. The molecule has 2 aromatic rings. The molecule has 0 bridgehead atoms. The largest absolute Gasteiger partial charge is 0.357 e. The zero-order valence-corrected chi connectivity index (χ0v) is 8.08. The van der Waals surface area contributed by atoms with Crippen LogP contribution in [0.3, 0.4) is 0 Å². The summed E-state index contributed by atoms with van der Waals surface area (Å²) >= 11 is 0. The van der Waals surface area contributed by atoms with Gasteiger partial charge in [-0.15, -0.1) is 0 Å². The van der Waals surface area contributed by atoms with Gasteiger partial charge in [-0.1, -0.05) is 29.4 Å². The molecular formula is C12H10N2O. The van der Waals surface area contributed by atoms with E-state index in [-0.39, 0.29) is 0 Å². The Kier molecular flexibility index (Phi) is 3.07. The molecule has 0 aliphatic heterocycles. The quantitative estimate of drug-likeness (QED) is 0.561. The zero-order valence-electron chi connectivity index (χ0n) is 8.08. The fourth-order valence-electron chi connectivity index (χ4n) is 1.07. The average molecular weight is 198 g/mol. The second kappa shape index (κ2) is 4.91. The van der Waals surface area contributed by atoms with E-state index in [0.29, 0.717) is 5.75 Å². The lowest BCUT2D eigenvalue weighted by atomic mass is 10.3. The number of pyridine rings is 1. The molecule has 0 radical (unpaired) electrons. The molecule has 1 aromatic heterocycles. The van der Waals surface area contributed by atoms with Crippen molar-refractivity contribution < 1.29 is 4.84 Å². The Labute approximate surface area is 88.0 Å². The summed E-state index contributed by atoms with van der Waals surface area (Å²) in [6, 6.07) is 15.0.